The molecule has 0 unspecified atom stereocenters. The van der Waals surface area contributed by atoms with Crippen LogP contribution >= 0.6 is 22.7 Å². The summed E-state index contributed by atoms with van der Waals surface area (Å²) in [7, 11) is 0. The number of anilines is 1. The van der Waals surface area contributed by atoms with Crippen molar-refractivity contribution in [2.24, 2.45) is 4.99 Å². The van der Waals surface area contributed by atoms with Gasteiger partial charge >= 0.3 is 11.9 Å². The van der Waals surface area contributed by atoms with Gasteiger partial charge in [0, 0.05) is 23.9 Å². The third kappa shape index (κ3) is 9.05. The Morgan fingerprint density at radius 1 is 0.745 bits per heavy atom. The van der Waals surface area contributed by atoms with Crippen LogP contribution in [0.25, 0.3) is 21.8 Å². The molecule has 4 aromatic heterocycles. The molecule has 6 rings (SSSR count). The van der Waals surface area contributed by atoms with Gasteiger partial charge in [0.05, 0.1) is 16.7 Å². The lowest BCUT2D eigenvalue weighted by Crippen LogP contribution is -2.26. The zero-order valence-electron chi connectivity index (χ0n) is 29.6. The number of aromatic nitrogens is 2. The summed E-state index contributed by atoms with van der Waals surface area (Å²) in [5.74, 6) is -0.889. The summed E-state index contributed by atoms with van der Waals surface area (Å²) in [6, 6.07) is 16.0. The lowest BCUT2D eigenvalue weighted by molar-refractivity contribution is 0.00474. The fraction of sp³-hybridized carbons (Fsp3) is 0.325. The lowest BCUT2D eigenvalue weighted by atomic mass is 10.1. The maximum Gasteiger partial charge on any atom is 0.357 e. The third-order valence-electron chi connectivity index (χ3n) is 7.63. The molecule has 2 N–H and O–H groups in total. The van der Waals surface area contributed by atoms with Crippen LogP contribution < -0.4 is 5.73 Å². The van der Waals surface area contributed by atoms with E-state index in [-0.39, 0.29) is 19.1 Å². The van der Waals surface area contributed by atoms with Gasteiger partial charge in [-0.05, 0) is 124 Å². The van der Waals surface area contributed by atoms with Crippen LogP contribution in [-0.4, -0.2) is 38.4 Å². The summed E-state index contributed by atoms with van der Waals surface area (Å²) >= 11 is 3.23. The first-order valence-corrected chi connectivity index (χ1v) is 18.0. The van der Waals surface area contributed by atoms with Gasteiger partial charge in [0.25, 0.3) is 0 Å². The monoisotopic (exact) mass is 726 g/mol. The summed E-state index contributed by atoms with van der Waals surface area (Å²) in [5.41, 5.74) is 12.7. The molecule has 11 heteroatoms. The van der Waals surface area contributed by atoms with E-state index < -0.39 is 17.2 Å². The molecule has 0 saturated carbocycles. The molecule has 9 nitrogen and oxygen atoms in total. The highest BCUT2D eigenvalue weighted by atomic mass is 32.1. The largest absolute Gasteiger partial charge is 0.455 e. The van der Waals surface area contributed by atoms with E-state index in [2.05, 4.69) is 16.4 Å². The number of carbonyl (C=O) groups excluding carboxylic acids is 3. The first-order valence-electron chi connectivity index (χ1n) is 16.1. The van der Waals surface area contributed by atoms with Crippen molar-refractivity contribution in [2.75, 3.05) is 5.73 Å². The highest BCUT2D eigenvalue weighted by molar-refractivity contribution is 7.08. The quantitative estimate of drug-likeness (QED) is 0.0994. The Morgan fingerprint density at radius 3 is 1.65 bits per heavy atom. The molecule has 268 valence electrons. The summed E-state index contributed by atoms with van der Waals surface area (Å²) in [6.07, 6.45) is 1.58. The van der Waals surface area contributed by atoms with Crippen molar-refractivity contribution in [3.05, 3.63) is 104 Å². The van der Waals surface area contributed by atoms with Crippen LogP contribution in [0.4, 0.5) is 11.4 Å². The minimum absolute atomic E-state index is 0. The maximum absolute atomic E-state index is 12.9. The second-order valence-corrected chi connectivity index (χ2v) is 15.7. The first kappa shape index (κ1) is 38.8. The van der Waals surface area contributed by atoms with E-state index in [9.17, 15) is 14.4 Å². The number of nitrogens with zero attached hydrogens (tertiary/aromatic N) is 3. The molecular formula is C40H46N4O5S2. The smallest absolute Gasteiger partial charge is 0.357 e. The molecule has 6 aromatic rings. The number of isocyanates is 1. The number of esters is 2. The van der Waals surface area contributed by atoms with Crippen molar-refractivity contribution in [3.63, 3.8) is 0 Å². The third-order valence-corrected chi connectivity index (χ3v) is 9.10. The molecule has 0 saturated heterocycles. The number of ether oxygens (including phenoxy) is 2. The highest BCUT2D eigenvalue weighted by Gasteiger charge is 2.29. The summed E-state index contributed by atoms with van der Waals surface area (Å²) in [5, 5.41) is 9.76. The van der Waals surface area contributed by atoms with Gasteiger partial charge in [-0.15, -0.1) is 0 Å². The van der Waals surface area contributed by atoms with Gasteiger partial charge in [0.2, 0.25) is 6.08 Å². The maximum atomic E-state index is 12.9. The van der Waals surface area contributed by atoms with Crippen LogP contribution in [0.3, 0.4) is 0 Å². The van der Waals surface area contributed by atoms with Gasteiger partial charge in [-0.1, -0.05) is 30.7 Å². The fourth-order valence-electron chi connectivity index (χ4n) is 5.64. The molecule has 0 aliphatic carbocycles. The van der Waals surface area contributed by atoms with E-state index in [1.165, 1.54) is 0 Å². The highest BCUT2D eigenvalue weighted by Crippen LogP contribution is 2.36. The minimum atomic E-state index is -0.654. The number of aliphatic imine (C=N–C) groups is 1. The summed E-state index contributed by atoms with van der Waals surface area (Å²) in [4.78, 5) is 40.6. The number of rotatable bonds is 7. The molecule has 0 spiro atoms. The number of thiophene rings is 2. The Hall–Kier alpha value is -4.96. The van der Waals surface area contributed by atoms with E-state index in [0.29, 0.717) is 30.2 Å². The number of hydrogen-bond acceptors (Lipinski definition) is 9. The van der Waals surface area contributed by atoms with Crippen LogP contribution in [0, 0.1) is 13.8 Å². The van der Waals surface area contributed by atoms with Crippen molar-refractivity contribution in [3.8, 4) is 0 Å². The van der Waals surface area contributed by atoms with Gasteiger partial charge in [-0.2, -0.15) is 27.7 Å². The summed E-state index contributed by atoms with van der Waals surface area (Å²) in [6.45, 7) is 16.1. The van der Waals surface area contributed by atoms with Crippen molar-refractivity contribution in [2.45, 2.75) is 87.1 Å². The van der Waals surface area contributed by atoms with Crippen LogP contribution in [-0.2, 0) is 27.4 Å². The van der Waals surface area contributed by atoms with E-state index in [4.69, 9.17) is 15.2 Å². The van der Waals surface area contributed by atoms with Gasteiger partial charge in [0.15, 0.2) is 11.4 Å². The molecule has 51 heavy (non-hydrogen) atoms. The average molecular weight is 727 g/mol. The Balaban J connectivity index is 0.000000225. The second kappa shape index (κ2) is 15.5. The standard InChI is InChI=1S/C20H20N2O3S.C19H22N2O2S.CH4/c1-13-5-6-16-15(9-13)17(21-12-23)18(19(24)25-20(2,3)4)22(16)10-14-7-8-26-11-14;1-12-5-6-15-14(9-12)16(20)17(18(22)23-19(2,3)4)21(15)10-13-7-8-24-11-13;/h5-9,11H,10H2,1-4H3;5-9,11H,10,20H2,1-4H3;1H4. The number of nitrogens with two attached hydrogens (primary N) is 1. The molecule has 0 atom stereocenters. The Bertz CT molecular complexity index is 2210. The van der Waals surface area contributed by atoms with Crippen LogP contribution in [0.2, 0.25) is 0 Å². The second-order valence-electron chi connectivity index (χ2n) is 14.1. The fourth-order valence-corrected chi connectivity index (χ4v) is 6.96. The zero-order chi connectivity index (χ0) is 36.4. The topological polar surface area (TPSA) is 118 Å². The molecule has 0 amide bonds. The zero-order valence-corrected chi connectivity index (χ0v) is 31.3. The molecule has 0 aliphatic rings. The average Bonchev–Trinajstić information content (AvgIpc) is 3.81. The SMILES string of the molecule is C.Cc1ccc2c(c1)c(N)c(C(=O)OC(C)(C)C)n2Cc1ccsc1.Cc1ccc2c(c1)c(N=C=O)c(C(=O)OC(C)(C)C)n2Cc1ccsc1. The van der Waals surface area contributed by atoms with Crippen LogP contribution in [0.15, 0.2) is 75.0 Å². The number of benzene rings is 2. The molecule has 0 radical (unpaired) electrons. The van der Waals surface area contributed by atoms with Crippen LogP contribution in [0.5, 0.6) is 0 Å². The van der Waals surface area contributed by atoms with Gasteiger partial charge in [0.1, 0.15) is 16.9 Å². The van der Waals surface area contributed by atoms with E-state index >= 15 is 0 Å². The van der Waals surface area contributed by atoms with Gasteiger partial charge in [-0.3, -0.25) is 0 Å². The molecule has 4 heterocycles. The predicted molar refractivity (Wildman–Crippen MR) is 209 cm³/mol. The van der Waals surface area contributed by atoms with Crippen LogP contribution in [0.1, 0.15) is 92.2 Å². The molecular weight excluding hydrogens is 681 g/mol. The Labute approximate surface area is 307 Å². The van der Waals surface area contributed by atoms with Gasteiger partial charge < -0.3 is 24.3 Å². The van der Waals surface area contributed by atoms with Crippen molar-refractivity contribution in [1.29, 1.82) is 0 Å². The predicted octanol–water partition coefficient (Wildman–Crippen LogP) is 10.2. The number of nitrogen functional groups attached to an aromatic ring is 1. The number of fused-ring (bicyclic) bond motifs is 2. The minimum Gasteiger partial charge on any atom is -0.455 e. The summed E-state index contributed by atoms with van der Waals surface area (Å²) < 4.78 is 15.0. The molecule has 0 bridgehead atoms. The van der Waals surface area contributed by atoms with Gasteiger partial charge in [-0.25, -0.2) is 14.4 Å². The first-order chi connectivity index (χ1) is 23.6. The molecule has 2 aromatic carbocycles. The number of hydrogen-bond donors (Lipinski definition) is 1. The van der Waals surface area contributed by atoms with Crippen molar-refractivity contribution in [1.82, 2.24) is 9.13 Å². The van der Waals surface area contributed by atoms with Crippen molar-refractivity contribution < 1.29 is 23.9 Å². The molecule has 0 fully saturated rings. The number of aryl methyl sites for hydroxylation is 2. The van der Waals surface area contributed by atoms with E-state index in [1.54, 1.807) is 28.8 Å². The normalized spacial score (nSPS) is 11.4. The Morgan fingerprint density at radius 2 is 1.20 bits per heavy atom. The molecule has 0 aliphatic heterocycles. The van der Waals surface area contributed by atoms with E-state index in [0.717, 1.165) is 44.1 Å². The van der Waals surface area contributed by atoms with E-state index in [1.807, 2.05) is 123 Å². The lowest BCUT2D eigenvalue weighted by Gasteiger charge is -2.20. The van der Waals surface area contributed by atoms with Crippen molar-refractivity contribution >= 4 is 73.9 Å². The number of carbonyl (C=O) groups is 2. The Kier molecular flexibility index (Phi) is 11.8.